The topological polar surface area (TPSA) is 70.7 Å². The van der Waals surface area contributed by atoms with E-state index < -0.39 is 10.0 Å². The summed E-state index contributed by atoms with van der Waals surface area (Å²) < 4.78 is 46.0. The zero-order valence-electron chi connectivity index (χ0n) is 15.0. The van der Waals surface area contributed by atoms with Gasteiger partial charge in [-0.1, -0.05) is 17.7 Å². The Morgan fingerprint density at radius 2 is 1.75 bits per heavy atom. The lowest BCUT2D eigenvalue weighted by molar-refractivity contribution is 0.0730. The van der Waals surface area contributed by atoms with E-state index in [0.717, 1.165) is 0 Å². The van der Waals surface area contributed by atoms with Gasteiger partial charge in [0.25, 0.3) is 0 Å². The standard InChI is InChI=1S/C18H19ClFN3O3S2/c1-12-2-3-13(10-16(12)20)21-18(27)22-14-4-5-15(19)17(11-14)28(24,25)23-6-8-26-9-7-23/h2-5,10-11H,6-9H2,1H3,(H2,21,22,27). The molecule has 0 bridgehead atoms. The highest BCUT2D eigenvalue weighted by molar-refractivity contribution is 7.89. The lowest BCUT2D eigenvalue weighted by Crippen LogP contribution is -2.40. The van der Waals surface area contributed by atoms with Crippen molar-refractivity contribution in [1.29, 1.82) is 0 Å². The van der Waals surface area contributed by atoms with Gasteiger partial charge in [0.05, 0.1) is 18.2 Å². The summed E-state index contributed by atoms with van der Waals surface area (Å²) in [5.74, 6) is -0.349. The molecule has 0 radical (unpaired) electrons. The Bertz CT molecular complexity index is 996. The first-order valence-corrected chi connectivity index (χ1v) is 10.7. The summed E-state index contributed by atoms with van der Waals surface area (Å²) in [6, 6.07) is 9.20. The van der Waals surface area contributed by atoms with Gasteiger partial charge in [-0.25, -0.2) is 12.8 Å². The van der Waals surface area contributed by atoms with Crippen molar-refractivity contribution in [1.82, 2.24) is 4.31 Å². The molecule has 2 aromatic rings. The van der Waals surface area contributed by atoms with Gasteiger partial charge >= 0.3 is 0 Å². The van der Waals surface area contributed by atoms with E-state index in [4.69, 9.17) is 28.6 Å². The van der Waals surface area contributed by atoms with Crippen molar-refractivity contribution in [2.75, 3.05) is 36.9 Å². The summed E-state index contributed by atoms with van der Waals surface area (Å²) in [7, 11) is -3.75. The molecular formula is C18H19ClFN3O3S2. The van der Waals surface area contributed by atoms with E-state index in [-0.39, 0.29) is 33.9 Å². The van der Waals surface area contributed by atoms with Crippen molar-refractivity contribution >= 4 is 50.3 Å². The van der Waals surface area contributed by atoms with E-state index in [9.17, 15) is 12.8 Å². The fourth-order valence-electron chi connectivity index (χ4n) is 2.67. The Kier molecular flexibility index (Phi) is 6.51. The number of ether oxygens (including phenoxy) is 1. The average Bonchev–Trinajstić information content (AvgIpc) is 2.67. The number of rotatable bonds is 4. The summed E-state index contributed by atoms with van der Waals surface area (Å²) in [5, 5.41) is 6.08. The molecule has 6 nitrogen and oxygen atoms in total. The van der Waals surface area contributed by atoms with Gasteiger partial charge in [0.1, 0.15) is 10.7 Å². The molecule has 0 atom stereocenters. The number of benzene rings is 2. The average molecular weight is 444 g/mol. The van der Waals surface area contributed by atoms with E-state index in [0.29, 0.717) is 30.2 Å². The van der Waals surface area contributed by atoms with Crippen molar-refractivity contribution in [3.63, 3.8) is 0 Å². The number of anilines is 2. The SMILES string of the molecule is Cc1ccc(NC(=S)Nc2ccc(Cl)c(S(=O)(=O)N3CCOCC3)c2)cc1F. The summed E-state index contributed by atoms with van der Waals surface area (Å²) in [6.07, 6.45) is 0. The van der Waals surface area contributed by atoms with Crippen LogP contribution in [0, 0.1) is 12.7 Å². The number of aryl methyl sites for hydroxylation is 1. The maximum atomic E-state index is 13.7. The molecular weight excluding hydrogens is 425 g/mol. The zero-order valence-corrected chi connectivity index (χ0v) is 17.4. The Hall–Kier alpha value is -1.78. The van der Waals surface area contributed by atoms with Crippen molar-refractivity contribution in [3.8, 4) is 0 Å². The quantitative estimate of drug-likeness (QED) is 0.703. The van der Waals surface area contributed by atoms with Crippen LogP contribution in [0.15, 0.2) is 41.3 Å². The van der Waals surface area contributed by atoms with Crippen LogP contribution in [0.25, 0.3) is 0 Å². The Labute approximate surface area is 173 Å². The fourth-order valence-corrected chi connectivity index (χ4v) is 4.81. The second-order valence-corrected chi connectivity index (χ2v) is 8.93. The smallest absolute Gasteiger partial charge is 0.244 e. The summed E-state index contributed by atoms with van der Waals surface area (Å²) >= 11 is 11.4. The van der Waals surface area contributed by atoms with Crippen LogP contribution in [-0.2, 0) is 14.8 Å². The van der Waals surface area contributed by atoms with E-state index >= 15 is 0 Å². The molecule has 1 aliphatic rings. The van der Waals surface area contributed by atoms with Crippen LogP contribution < -0.4 is 10.6 Å². The summed E-state index contributed by atoms with van der Waals surface area (Å²) in [4.78, 5) is -0.00903. The maximum absolute atomic E-state index is 13.7. The van der Waals surface area contributed by atoms with Gasteiger partial charge in [-0.15, -0.1) is 0 Å². The molecule has 10 heteroatoms. The van der Waals surface area contributed by atoms with E-state index in [1.54, 1.807) is 25.1 Å². The first-order chi connectivity index (χ1) is 13.3. The first kappa shape index (κ1) is 20.9. The van der Waals surface area contributed by atoms with Gasteiger partial charge in [0, 0.05) is 24.5 Å². The molecule has 0 aromatic heterocycles. The number of halogens is 2. The predicted molar refractivity (Wildman–Crippen MR) is 112 cm³/mol. The minimum Gasteiger partial charge on any atom is -0.379 e. The van der Waals surface area contributed by atoms with Crippen LogP contribution >= 0.6 is 23.8 Å². The molecule has 0 amide bonds. The van der Waals surface area contributed by atoms with Crippen LogP contribution in [-0.4, -0.2) is 44.1 Å². The van der Waals surface area contributed by atoms with E-state index in [2.05, 4.69) is 10.6 Å². The van der Waals surface area contributed by atoms with Crippen LogP contribution in [0.4, 0.5) is 15.8 Å². The lowest BCUT2D eigenvalue weighted by Gasteiger charge is -2.26. The van der Waals surface area contributed by atoms with E-state index in [1.807, 2.05) is 0 Å². The molecule has 0 unspecified atom stereocenters. The van der Waals surface area contributed by atoms with Gasteiger partial charge in [-0.3, -0.25) is 0 Å². The molecule has 2 N–H and O–H groups in total. The molecule has 0 saturated carbocycles. The Morgan fingerprint density at radius 1 is 1.14 bits per heavy atom. The van der Waals surface area contributed by atoms with Gasteiger partial charge < -0.3 is 15.4 Å². The minimum absolute atomic E-state index is 0.00903. The van der Waals surface area contributed by atoms with Gasteiger partial charge in [0.15, 0.2) is 5.11 Å². The fraction of sp³-hybridized carbons (Fsp3) is 0.278. The number of hydrogen-bond donors (Lipinski definition) is 2. The van der Waals surface area contributed by atoms with Crippen LogP contribution in [0.3, 0.4) is 0 Å². The Morgan fingerprint density at radius 3 is 2.39 bits per heavy atom. The lowest BCUT2D eigenvalue weighted by atomic mass is 10.2. The molecule has 3 rings (SSSR count). The van der Waals surface area contributed by atoms with Gasteiger partial charge in [-0.05, 0) is 55.0 Å². The summed E-state index contributed by atoms with van der Waals surface area (Å²) in [5.41, 5.74) is 1.46. The third-order valence-corrected chi connectivity index (χ3v) is 6.79. The third-order valence-electron chi connectivity index (χ3n) is 4.21. The monoisotopic (exact) mass is 443 g/mol. The van der Waals surface area contributed by atoms with Crippen molar-refractivity contribution < 1.29 is 17.5 Å². The molecule has 0 aliphatic carbocycles. The van der Waals surface area contributed by atoms with Crippen molar-refractivity contribution in [2.24, 2.45) is 0 Å². The number of hydrogen-bond acceptors (Lipinski definition) is 4. The normalized spacial score (nSPS) is 15.2. The highest BCUT2D eigenvalue weighted by atomic mass is 35.5. The number of nitrogens with zero attached hydrogens (tertiary/aromatic N) is 1. The van der Waals surface area contributed by atoms with Crippen LogP contribution in [0.2, 0.25) is 5.02 Å². The molecule has 1 heterocycles. The molecule has 150 valence electrons. The predicted octanol–water partition coefficient (Wildman–Crippen LogP) is 3.62. The molecule has 2 aromatic carbocycles. The number of nitrogens with one attached hydrogen (secondary N) is 2. The highest BCUT2D eigenvalue weighted by Gasteiger charge is 2.28. The number of sulfonamides is 1. The largest absolute Gasteiger partial charge is 0.379 e. The first-order valence-electron chi connectivity index (χ1n) is 8.49. The maximum Gasteiger partial charge on any atom is 0.244 e. The van der Waals surface area contributed by atoms with Crippen molar-refractivity contribution in [2.45, 2.75) is 11.8 Å². The number of thiocarbonyl (C=S) groups is 1. The van der Waals surface area contributed by atoms with Gasteiger partial charge in [0.2, 0.25) is 10.0 Å². The third kappa shape index (κ3) is 4.79. The minimum atomic E-state index is -3.75. The Balaban J connectivity index is 1.77. The molecule has 1 fully saturated rings. The van der Waals surface area contributed by atoms with Crippen LogP contribution in [0.1, 0.15) is 5.56 Å². The van der Waals surface area contributed by atoms with Crippen molar-refractivity contribution in [3.05, 3.63) is 52.8 Å². The van der Waals surface area contributed by atoms with E-state index in [1.165, 1.54) is 22.5 Å². The van der Waals surface area contributed by atoms with Gasteiger partial charge in [-0.2, -0.15) is 4.31 Å². The molecule has 1 saturated heterocycles. The second kappa shape index (κ2) is 8.71. The second-order valence-electron chi connectivity index (χ2n) is 6.20. The summed E-state index contributed by atoms with van der Waals surface area (Å²) in [6.45, 7) is 2.90. The molecule has 0 spiro atoms. The zero-order chi connectivity index (χ0) is 20.3. The molecule has 28 heavy (non-hydrogen) atoms. The number of morpholine rings is 1. The molecule has 1 aliphatic heterocycles. The van der Waals surface area contributed by atoms with Crippen LogP contribution in [0.5, 0.6) is 0 Å². The highest BCUT2D eigenvalue weighted by Crippen LogP contribution is 2.28.